The lowest BCUT2D eigenvalue weighted by atomic mass is 9.73. The van der Waals surface area contributed by atoms with Crippen molar-refractivity contribution in [2.24, 2.45) is 11.8 Å². The smallest absolute Gasteiger partial charge is 0.267 e. The van der Waals surface area contributed by atoms with Crippen LogP contribution in [0, 0.1) is 11.8 Å². The lowest BCUT2D eigenvalue weighted by Gasteiger charge is -2.29. The van der Waals surface area contributed by atoms with Crippen LogP contribution in [-0.2, 0) is 4.74 Å². The monoisotopic (exact) mass is 389 g/mol. The average Bonchev–Trinajstić information content (AvgIpc) is 3.52. The molecule has 3 aliphatic heterocycles. The quantitative estimate of drug-likeness (QED) is 0.716. The minimum Gasteiger partial charge on any atom is -0.369 e. The number of nitrogens with zero attached hydrogens (tertiary/aromatic N) is 3. The van der Waals surface area contributed by atoms with Gasteiger partial charge in [0.15, 0.2) is 0 Å². The van der Waals surface area contributed by atoms with E-state index in [0.717, 1.165) is 42.8 Å². The van der Waals surface area contributed by atoms with Crippen LogP contribution in [0.15, 0.2) is 48.8 Å². The molecule has 0 unspecified atom stereocenters. The van der Waals surface area contributed by atoms with Crippen molar-refractivity contribution in [2.75, 3.05) is 24.5 Å². The number of hydrogen-bond donors (Lipinski definition) is 2. The van der Waals surface area contributed by atoms with Crippen molar-refractivity contribution in [3.63, 3.8) is 0 Å². The van der Waals surface area contributed by atoms with Gasteiger partial charge in [-0.05, 0) is 37.1 Å². The van der Waals surface area contributed by atoms with Crippen LogP contribution in [0.3, 0.4) is 0 Å². The molecule has 5 heterocycles. The largest absolute Gasteiger partial charge is 0.369 e. The zero-order chi connectivity index (χ0) is 19.4. The molecule has 1 spiro atoms. The van der Waals surface area contributed by atoms with E-state index in [4.69, 9.17) is 9.72 Å². The van der Waals surface area contributed by atoms with Gasteiger partial charge in [-0.15, -0.1) is 0 Å². The molecular weight excluding hydrogens is 366 g/mol. The van der Waals surface area contributed by atoms with Gasteiger partial charge in [-0.25, -0.2) is 4.98 Å². The third-order valence-electron chi connectivity index (χ3n) is 6.88. The molecule has 0 aliphatic carbocycles. The molecule has 1 amide bonds. The first kappa shape index (κ1) is 17.0. The molecule has 7 nitrogen and oxygen atoms in total. The Morgan fingerprint density at radius 2 is 2.17 bits per heavy atom. The SMILES string of the molecule is O=C(NC[C@H]1[C@H]2CN(c3cnc4ccccc4n3)C[C@]23CC[C@H]1O3)c1ccc[nH]1. The Morgan fingerprint density at radius 3 is 3.03 bits per heavy atom. The van der Waals surface area contributed by atoms with Gasteiger partial charge in [-0.3, -0.25) is 9.78 Å². The van der Waals surface area contributed by atoms with E-state index in [-0.39, 0.29) is 17.6 Å². The fourth-order valence-corrected chi connectivity index (χ4v) is 5.52. The van der Waals surface area contributed by atoms with Gasteiger partial charge in [0, 0.05) is 37.7 Å². The average molecular weight is 389 g/mol. The number of fused-ring (bicyclic) bond motifs is 2. The van der Waals surface area contributed by atoms with Gasteiger partial charge >= 0.3 is 0 Å². The highest BCUT2D eigenvalue weighted by molar-refractivity contribution is 5.92. The highest BCUT2D eigenvalue weighted by Gasteiger charge is 2.63. The van der Waals surface area contributed by atoms with Crippen molar-refractivity contribution in [2.45, 2.75) is 24.5 Å². The molecule has 29 heavy (non-hydrogen) atoms. The van der Waals surface area contributed by atoms with Gasteiger partial charge in [0.2, 0.25) is 0 Å². The molecule has 2 bridgehead atoms. The fourth-order valence-electron chi connectivity index (χ4n) is 5.52. The molecule has 0 radical (unpaired) electrons. The summed E-state index contributed by atoms with van der Waals surface area (Å²) in [5.41, 5.74) is 2.32. The summed E-state index contributed by atoms with van der Waals surface area (Å²) in [6.07, 6.45) is 6.03. The topological polar surface area (TPSA) is 83.1 Å². The zero-order valence-electron chi connectivity index (χ0n) is 16.0. The molecule has 3 aliphatic rings. The summed E-state index contributed by atoms with van der Waals surface area (Å²) >= 11 is 0. The zero-order valence-corrected chi connectivity index (χ0v) is 16.0. The Balaban J connectivity index is 1.21. The second-order valence-corrected chi connectivity index (χ2v) is 8.42. The van der Waals surface area contributed by atoms with Gasteiger partial charge in [0.1, 0.15) is 11.5 Å². The number of amides is 1. The van der Waals surface area contributed by atoms with Gasteiger partial charge in [-0.1, -0.05) is 12.1 Å². The van der Waals surface area contributed by atoms with Crippen LogP contribution in [0.5, 0.6) is 0 Å². The van der Waals surface area contributed by atoms with Crippen molar-refractivity contribution >= 4 is 22.8 Å². The van der Waals surface area contributed by atoms with Crippen LogP contribution >= 0.6 is 0 Å². The molecular formula is C22H23N5O2. The van der Waals surface area contributed by atoms with Crippen LogP contribution < -0.4 is 10.2 Å². The molecule has 2 aromatic heterocycles. The van der Waals surface area contributed by atoms with Crippen molar-refractivity contribution in [1.82, 2.24) is 20.3 Å². The molecule has 2 N–H and O–H groups in total. The first-order chi connectivity index (χ1) is 14.2. The normalized spacial score (nSPS) is 30.1. The van der Waals surface area contributed by atoms with E-state index in [1.807, 2.05) is 36.5 Å². The molecule has 3 aromatic rings. The Hall–Kier alpha value is -2.93. The number of hydrogen-bond acceptors (Lipinski definition) is 5. The van der Waals surface area contributed by atoms with E-state index in [9.17, 15) is 4.79 Å². The van der Waals surface area contributed by atoms with Gasteiger partial charge in [-0.2, -0.15) is 0 Å². The summed E-state index contributed by atoms with van der Waals surface area (Å²) in [5, 5.41) is 3.10. The van der Waals surface area contributed by atoms with E-state index >= 15 is 0 Å². The molecule has 1 aromatic carbocycles. The van der Waals surface area contributed by atoms with Crippen LogP contribution in [0.25, 0.3) is 11.0 Å². The lowest BCUT2D eigenvalue weighted by molar-refractivity contribution is 0.0141. The Bertz CT molecular complexity index is 1070. The van der Waals surface area contributed by atoms with Crippen LogP contribution in [0.4, 0.5) is 5.82 Å². The van der Waals surface area contributed by atoms with Crippen molar-refractivity contribution in [3.8, 4) is 0 Å². The summed E-state index contributed by atoms with van der Waals surface area (Å²) in [6, 6.07) is 11.6. The highest BCUT2D eigenvalue weighted by Crippen LogP contribution is 2.55. The standard InChI is InChI=1S/C22H23N5O2/c28-21(18-6-3-9-23-18)25-10-14-15-12-27(13-22(15)8-7-19(14)29-22)20-11-24-16-4-1-2-5-17(16)26-20/h1-6,9,11,14-15,19,23H,7-8,10,12-13H2,(H,25,28)/t14-,15+,19+,22+/m0/s1. The van der Waals surface area contributed by atoms with Crippen LogP contribution in [0.1, 0.15) is 23.3 Å². The fraction of sp³-hybridized carbons (Fsp3) is 0.409. The maximum atomic E-state index is 12.4. The Kier molecular flexibility index (Phi) is 3.68. The summed E-state index contributed by atoms with van der Waals surface area (Å²) in [5.74, 6) is 1.59. The second kappa shape index (κ2) is 6.29. The predicted octanol–water partition coefficient (Wildman–Crippen LogP) is 2.37. The summed E-state index contributed by atoms with van der Waals surface area (Å²) in [4.78, 5) is 27.0. The minimum atomic E-state index is -0.111. The number of nitrogens with one attached hydrogen (secondary N) is 2. The van der Waals surface area contributed by atoms with E-state index in [0.29, 0.717) is 24.1 Å². The number of benzene rings is 1. The number of ether oxygens (including phenoxy) is 1. The molecule has 3 saturated heterocycles. The van der Waals surface area contributed by atoms with Gasteiger partial charge < -0.3 is 19.9 Å². The first-order valence-electron chi connectivity index (χ1n) is 10.3. The Morgan fingerprint density at radius 1 is 1.28 bits per heavy atom. The van der Waals surface area contributed by atoms with Crippen molar-refractivity contribution < 1.29 is 9.53 Å². The molecule has 7 heteroatoms. The maximum absolute atomic E-state index is 12.4. The first-order valence-corrected chi connectivity index (χ1v) is 10.3. The number of H-pyrrole nitrogens is 1. The number of para-hydroxylation sites is 2. The van der Waals surface area contributed by atoms with E-state index < -0.39 is 0 Å². The highest BCUT2D eigenvalue weighted by atomic mass is 16.5. The second-order valence-electron chi connectivity index (χ2n) is 8.42. The molecule has 148 valence electrons. The van der Waals surface area contributed by atoms with Gasteiger partial charge in [0.05, 0.1) is 28.9 Å². The number of anilines is 1. The number of carbonyl (C=O) groups excluding carboxylic acids is 1. The van der Waals surface area contributed by atoms with Crippen LogP contribution in [0.2, 0.25) is 0 Å². The van der Waals surface area contributed by atoms with Gasteiger partial charge in [0.25, 0.3) is 5.91 Å². The van der Waals surface area contributed by atoms with Crippen molar-refractivity contribution in [3.05, 3.63) is 54.5 Å². The maximum Gasteiger partial charge on any atom is 0.267 e. The van der Waals surface area contributed by atoms with E-state index in [1.165, 1.54) is 0 Å². The number of aromatic nitrogens is 3. The van der Waals surface area contributed by atoms with Crippen molar-refractivity contribution in [1.29, 1.82) is 0 Å². The third-order valence-corrected chi connectivity index (χ3v) is 6.88. The molecule has 3 fully saturated rings. The number of carbonyl (C=O) groups is 1. The van der Waals surface area contributed by atoms with Crippen LogP contribution in [-0.4, -0.2) is 52.2 Å². The lowest BCUT2D eigenvalue weighted by Crippen LogP contribution is -2.42. The molecule has 0 saturated carbocycles. The van der Waals surface area contributed by atoms with E-state index in [1.54, 1.807) is 12.3 Å². The minimum absolute atomic E-state index is 0.0536. The Labute approximate surface area is 168 Å². The molecule has 6 rings (SSSR count). The number of rotatable bonds is 4. The predicted molar refractivity (Wildman–Crippen MR) is 109 cm³/mol. The van der Waals surface area contributed by atoms with E-state index in [2.05, 4.69) is 20.2 Å². The summed E-state index contributed by atoms with van der Waals surface area (Å²) < 4.78 is 6.51. The number of aromatic amines is 1. The summed E-state index contributed by atoms with van der Waals surface area (Å²) in [7, 11) is 0. The third kappa shape index (κ3) is 2.64. The molecule has 4 atom stereocenters. The summed E-state index contributed by atoms with van der Waals surface area (Å²) in [6.45, 7) is 2.39.